The van der Waals surface area contributed by atoms with Crippen LogP contribution in [0.5, 0.6) is 0 Å². The Labute approximate surface area is 125 Å². The number of benzene rings is 1. The summed E-state index contributed by atoms with van der Waals surface area (Å²) in [5.74, 6) is -1.17. The number of anilines is 1. The quantitative estimate of drug-likeness (QED) is 0.643. The molecule has 0 radical (unpaired) electrons. The molecule has 5 heteroatoms. The van der Waals surface area contributed by atoms with Gasteiger partial charge in [0, 0.05) is 12.2 Å². The van der Waals surface area contributed by atoms with Crippen LogP contribution in [0, 0.1) is 5.92 Å². The number of rotatable bonds is 8. The summed E-state index contributed by atoms with van der Waals surface area (Å²) in [4.78, 5) is 22.5. The molecule has 2 amide bonds. The van der Waals surface area contributed by atoms with E-state index in [2.05, 4.69) is 17.6 Å². The molecule has 0 spiro atoms. The van der Waals surface area contributed by atoms with Crippen molar-refractivity contribution in [3.63, 3.8) is 0 Å². The normalized spacial score (nSPS) is 11.7. The molecule has 1 unspecified atom stereocenters. The van der Waals surface area contributed by atoms with E-state index in [9.17, 15) is 9.59 Å². The van der Waals surface area contributed by atoms with Gasteiger partial charge in [0.2, 0.25) is 0 Å². The summed E-state index contributed by atoms with van der Waals surface area (Å²) in [7, 11) is 0. The molecule has 1 atom stereocenters. The van der Waals surface area contributed by atoms with E-state index in [1.807, 2.05) is 24.3 Å². The molecule has 0 fully saturated rings. The maximum atomic E-state index is 11.8. The number of aliphatic carboxylic acids is 1. The van der Waals surface area contributed by atoms with Crippen LogP contribution >= 0.6 is 0 Å². The second-order valence-corrected chi connectivity index (χ2v) is 5.17. The van der Waals surface area contributed by atoms with Gasteiger partial charge in [0.25, 0.3) is 0 Å². The second-order valence-electron chi connectivity index (χ2n) is 5.17. The number of urea groups is 1. The molecule has 0 aliphatic carbocycles. The van der Waals surface area contributed by atoms with Gasteiger partial charge in [-0.15, -0.1) is 0 Å². The Morgan fingerprint density at radius 2 is 2.00 bits per heavy atom. The summed E-state index contributed by atoms with van der Waals surface area (Å²) in [6, 6.07) is 7.50. The van der Waals surface area contributed by atoms with Crippen LogP contribution in [-0.4, -0.2) is 23.7 Å². The van der Waals surface area contributed by atoms with Crippen molar-refractivity contribution in [1.29, 1.82) is 0 Å². The van der Waals surface area contributed by atoms with Crippen LogP contribution in [0.1, 0.15) is 38.7 Å². The molecule has 0 heterocycles. The van der Waals surface area contributed by atoms with Crippen molar-refractivity contribution in [1.82, 2.24) is 5.32 Å². The summed E-state index contributed by atoms with van der Waals surface area (Å²) in [5, 5.41) is 14.4. The van der Waals surface area contributed by atoms with E-state index < -0.39 is 5.97 Å². The van der Waals surface area contributed by atoms with E-state index in [0.717, 1.165) is 24.1 Å². The van der Waals surface area contributed by atoms with Gasteiger partial charge in [-0.25, -0.2) is 4.79 Å². The number of para-hydroxylation sites is 1. The van der Waals surface area contributed by atoms with Gasteiger partial charge in [-0.3, -0.25) is 4.79 Å². The maximum absolute atomic E-state index is 11.8. The van der Waals surface area contributed by atoms with Crippen molar-refractivity contribution in [3.8, 4) is 0 Å². The molecule has 1 aromatic rings. The first kappa shape index (κ1) is 17.0. The van der Waals surface area contributed by atoms with Crippen LogP contribution in [0.3, 0.4) is 0 Å². The van der Waals surface area contributed by atoms with Gasteiger partial charge in [-0.05, 0) is 30.9 Å². The third-order valence-electron chi connectivity index (χ3n) is 3.31. The van der Waals surface area contributed by atoms with Crippen LogP contribution < -0.4 is 10.6 Å². The minimum atomic E-state index is -0.798. The number of carboxylic acids is 1. The van der Waals surface area contributed by atoms with Crippen molar-refractivity contribution in [2.24, 2.45) is 5.92 Å². The van der Waals surface area contributed by atoms with Crippen molar-refractivity contribution in [2.75, 3.05) is 11.9 Å². The highest BCUT2D eigenvalue weighted by Gasteiger charge is 2.10. The lowest BCUT2D eigenvalue weighted by atomic mass is 10.1. The third kappa shape index (κ3) is 6.29. The van der Waals surface area contributed by atoms with Gasteiger partial charge in [-0.2, -0.15) is 0 Å². The van der Waals surface area contributed by atoms with Gasteiger partial charge in [0.1, 0.15) is 0 Å². The summed E-state index contributed by atoms with van der Waals surface area (Å²) < 4.78 is 0. The average molecular weight is 292 g/mol. The van der Waals surface area contributed by atoms with Crippen LogP contribution in [0.4, 0.5) is 10.5 Å². The molecule has 21 heavy (non-hydrogen) atoms. The molecule has 0 bridgehead atoms. The number of nitrogens with one attached hydrogen (secondary N) is 2. The summed E-state index contributed by atoms with van der Waals surface area (Å²) >= 11 is 0. The predicted octanol–water partition coefficient (Wildman–Crippen LogP) is 3.26. The summed E-state index contributed by atoms with van der Waals surface area (Å²) in [5.41, 5.74) is 1.95. The number of amides is 2. The highest BCUT2D eigenvalue weighted by molar-refractivity contribution is 5.90. The van der Waals surface area contributed by atoms with Crippen molar-refractivity contribution in [2.45, 2.75) is 39.5 Å². The molecule has 3 N–H and O–H groups in total. The largest absolute Gasteiger partial charge is 0.481 e. The van der Waals surface area contributed by atoms with Gasteiger partial charge in [-0.1, -0.05) is 38.5 Å². The van der Waals surface area contributed by atoms with Crippen LogP contribution in [-0.2, 0) is 11.2 Å². The number of carbonyl (C=O) groups is 2. The monoisotopic (exact) mass is 292 g/mol. The summed E-state index contributed by atoms with van der Waals surface area (Å²) in [6.45, 7) is 4.24. The Kier molecular flexibility index (Phi) is 7.29. The fraction of sp³-hybridized carbons (Fsp3) is 0.500. The van der Waals surface area contributed by atoms with Crippen molar-refractivity contribution in [3.05, 3.63) is 29.8 Å². The highest BCUT2D eigenvalue weighted by atomic mass is 16.4. The average Bonchev–Trinajstić information content (AvgIpc) is 2.45. The molecule has 0 saturated carbocycles. The zero-order valence-corrected chi connectivity index (χ0v) is 12.7. The predicted molar refractivity (Wildman–Crippen MR) is 83.5 cm³/mol. The molecule has 116 valence electrons. The van der Waals surface area contributed by atoms with Crippen molar-refractivity contribution >= 4 is 17.7 Å². The zero-order chi connectivity index (χ0) is 15.7. The van der Waals surface area contributed by atoms with E-state index in [4.69, 9.17) is 5.11 Å². The maximum Gasteiger partial charge on any atom is 0.319 e. The highest BCUT2D eigenvalue weighted by Crippen LogP contribution is 2.16. The Morgan fingerprint density at radius 3 is 2.67 bits per heavy atom. The molecule has 0 aliphatic heterocycles. The molecule has 0 aliphatic rings. The fourth-order valence-corrected chi connectivity index (χ4v) is 2.03. The Hall–Kier alpha value is -2.04. The van der Waals surface area contributed by atoms with Crippen LogP contribution in [0.25, 0.3) is 0 Å². The Balaban J connectivity index is 2.35. The fourth-order valence-electron chi connectivity index (χ4n) is 2.03. The minimum Gasteiger partial charge on any atom is -0.481 e. The molecule has 0 saturated heterocycles. The van der Waals surface area contributed by atoms with Crippen LogP contribution in [0.2, 0.25) is 0 Å². The lowest BCUT2D eigenvalue weighted by Gasteiger charge is -2.12. The molecule has 0 aromatic heterocycles. The SMILES string of the molecule is CCCc1ccccc1NC(=O)NCCCC(C)C(=O)O. The van der Waals surface area contributed by atoms with E-state index >= 15 is 0 Å². The topological polar surface area (TPSA) is 78.4 Å². The smallest absolute Gasteiger partial charge is 0.319 e. The zero-order valence-electron chi connectivity index (χ0n) is 12.7. The second kappa shape index (κ2) is 9.00. The number of hydrogen-bond donors (Lipinski definition) is 3. The minimum absolute atomic E-state index is 0.249. The first-order valence-electron chi connectivity index (χ1n) is 7.40. The lowest BCUT2D eigenvalue weighted by Crippen LogP contribution is -2.30. The van der Waals surface area contributed by atoms with Gasteiger partial charge in [0.05, 0.1) is 5.92 Å². The number of hydrogen-bond acceptors (Lipinski definition) is 2. The van der Waals surface area contributed by atoms with E-state index in [0.29, 0.717) is 19.4 Å². The first-order chi connectivity index (χ1) is 10.0. The molecular weight excluding hydrogens is 268 g/mol. The number of aryl methyl sites for hydroxylation is 1. The lowest BCUT2D eigenvalue weighted by molar-refractivity contribution is -0.141. The number of carbonyl (C=O) groups excluding carboxylic acids is 1. The summed E-state index contributed by atoms with van der Waals surface area (Å²) in [6.07, 6.45) is 3.15. The standard InChI is InChI=1S/C16H24N2O3/c1-3-7-13-9-4-5-10-14(13)18-16(21)17-11-6-8-12(2)15(19)20/h4-5,9-10,12H,3,6-8,11H2,1-2H3,(H,19,20)(H2,17,18,21). The van der Waals surface area contributed by atoms with Gasteiger partial charge >= 0.3 is 12.0 Å². The van der Waals surface area contributed by atoms with E-state index in [1.165, 1.54) is 0 Å². The Morgan fingerprint density at radius 1 is 1.29 bits per heavy atom. The van der Waals surface area contributed by atoms with Crippen molar-refractivity contribution < 1.29 is 14.7 Å². The van der Waals surface area contributed by atoms with Crippen LogP contribution in [0.15, 0.2) is 24.3 Å². The van der Waals surface area contributed by atoms with Gasteiger partial charge < -0.3 is 15.7 Å². The molecule has 1 aromatic carbocycles. The van der Waals surface area contributed by atoms with Gasteiger partial charge in [0.15, 0.2) is 0 Å². The first-order valence-corrected chi connectivity index (χ1v) is 7.40. The molecule has 1 rings (SSSR count). The Bertz CT molecular complexity index is 474. The third-order valence-corrected chi connectivity index (χ3v) is 3.31. The number of carboxylic acid groups (broad SMARTS) is 1. The van der Waals surface area contributed by atoms with E-state index in [-0.39, 0.29) is 11.9 Å². The molecule has 5 nitrogen and oxygen atoms in total. The van der Waals surface area contributed by atoms with E-state index in [1.54, 1.807) is 6.92 Å². The molecular formula is C16H24N2O3.